The van der Waals surface area contributed by atoms with Crippen LogP contribution in [0.15, 0.2) is 71.3 Å². The van der Waals surface area contributed by atoms with E-state index in [1.54, 1.807) is 6.26 Å². The summed E-state index contributed by atoms with van der Waals surface area (Å²) in [6, 6.07) is 20.1. The van der Waals surface area contributed by atoms with E-state index in [2.05, 4.69) is 39.5 Å². The number of nitrogens with one attached hydrogen (secondary N) is 1. The van der Waals surface area contributed by atoms with Gasteiger partial charge in [0.1, 0.15) is 6.26 Å². The minimum absolute atomic E-state index is 0.00593. The molecule has 0 spiro atoms. The Morgan fingerprint density at radius 3 is 2.66 bits per heavy atom. The fraction of sp³-hybridized carbons (Fsp3) is 0.304. The summed E-state index contributed by atoms with van der Waals surface area (Å²) in [5.74, 6) is 0.447. The Hall–Kier alpha value is -2.96. The van der Waals surface area contributed by atoms with Crippen molar-refractivity contribution in [1.82, 2.24) is 15.2 Å². The number of rotatable bonds is 7. The van der Waals surface area contributed by atoms with Crippen LogP contribution in [-0.4, -0.2) is 48.1 Å². The Labute approximate surface area is 170 Å². The number of carbonyl (C=O) groups excluding carboxylic acids is 1. The van der Waals surface area contributed by atoms with Crippen molar-refractivity contribution in [3.05, 3.63) is 78.2 Å². The van der Waals surface area contributed by atoms with Crippen LogP contribution in [0.2, 0.25) is 0 Å². The molecule has 6 heteroatoms. The van der Waals surface area contributed by atoms with Crippen molar-refractivity contribution >= 4 is 5.91 Å². The summed E-state index contributed by atoms with van der Waals surface area (Å²) in [6.45, 7) is 3.78. The number of oxazole rings is 1. The molecule has 1 aromatic heterocycles. The number of morpholine rings is 1. The second kappa shape index (κ2) is 9.49. The summed E-state index contributed by atoms with van der Waals surface area (Å²) >= 11 is 0. The molecule has 0 bridgehead atoms. The fourth-order valence-corrected chi connectivity index (χ4v) is 3.45. The van der Waals surface area contributed by atoms with Crippen LogP contribution >= 0.6 is 0 Å². The number of nitrogens with zero attached hydrogens (tertiary/aromatic N) is 2. The Balaban J connectivity index is 1.24. The van der Waals surface area contributed by atoms with Crippen LogP contribution in [0.1, 0.15) is 11.3 Å². The average molecular weight is 391 g/mol. The van der Waals surface area contributed by atoms with Crippen LogP contribution in [0.25, 0.3) is 11.5 Å². The highest BCUT2D eigenvalue weighted by atomic mass is 16.5. The Morgan fingerprint density at radius 1 is 1.10 bits per heavy atom. The van der Waals surface area contributed by atoms with E-state index >= 15 is 0 Å². The van der Waals surface area contributed by atoms with Gasteiger partial charge in [0.05, 0.1) is 24.8 Å². The molecule has 1 saturated heterocycles. The van der Waals surface area contributed by atoms with Gasteiger partial charge in [0.2, 0.25) is 11.8 Å². The zero-order chi connectivity index (χ0) is 19.9. The third-order valence-electron chi connectivity index (χ3n) is 4.91. The van der Waals surface area contributed by atoms with Crippen molar-refractivity contribution in [3.8, 4) is 11.5 Å². The van der Waals surface area contributed by atoms with Crippen LogP contribution < -0.4 is 5.32 Å². The first kappa shape index (κ1) is 19.4. The number of benzene rings is 2. The van der Waals surface area contributed by atoms with E-state index in [0.29, 0.717) is 24.7 Å². The SMILES string of the molecule is O=C(Cc1coc(-c2ccccc2)n1)NCC1CN(Cc2ccccc2)CCO1. The maximum absolute atomic E-state index is 12.3. The van der Waals surface area contributed by atoms with Crippen molar-refractivity contribution < 1.29 is 13.9 Å². The molecule has 29 heavy (non-hydrogen) atoms. The van der Waals surface area contributed by atoms with Gasteiger partial charge in [-0.15, -0.1) is 0 Å². The summed E-state index contributed by atoms with van der Waals surface area (Å²) in [6.07, 6.45) is 1.73. The molecule has 4 rings (SSSR count). The second-order valence-corrected chi connectivity index (χ2v) is 7.20. The van der Waals surface area contributed by atoms with Gasteiger partial charge >= 0.3 is 0 Å². The Bertz CT molecular complexity index is 911. The van der Waals surface area contributed by atoms with Crippen molar-refractivity contribution in [2.24, 2.45) is 0 Å². The van der Waals surface area contributed by atoms with E-state index in [1.807, 2.05) is 36.4 Å². The zero-order valence-electron chi connectivity index (χ0n) is 16.3. The monoisotopic (exact) mass is 391 g/mol. The molecule has 2 aromatic carbocycles. The minimum Gasteiger partial charge on any atom is -0.444 e. The number of aromatic nitrogens is 1. The minimum atomic E-state index is -0.0818. The standard InChI is InChI=1S/C23H25N3O3/c27-22(13-20-17-29-23(25-20)19-9-5-2-6-10-19)24-14-21-16-26(11-12-28-21)15-18-7-3-1-4-8-18/h1-10,17,21H,11-16H2,(H,24,27). The molecular weight excluding hydrogens is 366 g/mol. The van der Waals surface area contributed by atoms with Crippen LogP contribution in [0.3, 0.4) is 0 Å². The van der Waals surface area contributed by atoms with Gasteiger partial charge in [-0.1, -0.05) is 48.5 Å². The van der Waals surface area contributed by atoms with E-state index in [0.717, 1.165) is 25.2 Å². The van der Waals surface area contributed by atoms with E-state index in [4.69, 9.17) is 9.15 Å². The maximum atomic E-state index is 12.3. The molecule has 1 aliphatic heterocycles. The zero-order valence-corrected chi connectivity index (χ0v) is 16.3. The molecule has 2 heterocycles. The largest absolute Gasteiger partial charge is 0.444 e. The summed E-state index contributed by atoms with van der Waals surface area (Å²) < 4.78 is 11.3. The number of hydrogen-bond donors (Lipinski definition) is 1. The first-order valence-electron chi connectivity index (χ1n) is 9.90. The van der Waals surface area contributed by atoms with Crippen molar-refractivity contribution in [2.45, 2.75) is 19.1 Å². The summed E-state index contributed by atoms with van der Waals surface area (Å²) in [7, 11) is 0. The molecule has 6 nitrogen and oxygen atoms in total. The quantitative estimate of drug-likeness (QED) is 0.671. The maximum Gasteiger partial charge on any atom is 0.226 e. The topological polar surface area (TPSA) is 67.6 Å². The lowest BCUT2D eigenvalue weighted by Gasteiger charge is -2.33. The summed E-state index contributed by atoms with van der Waals surface area (Å²) in [5.41, 5.74) is 2.81. The first-order chi connectivity index (χ1) is 14.3. The van der Waals surface area contributed by atoms with Crippen molar-refractivity contribution in [3.63, 3.8) is 0 Å². The highest BCUT2D eigenvalue weighted by Crippen LogP contribution is 2.18. The van der Waals surface area contributed by atoms with Gasteiger partial charge in [-0.05, 0) is 17.7 Å². The lowest BCUT2D eigenvalue weighted by atomic mass is 10.2. The van der Waals surface area contributed by atoms with Gasteiger partial charge in [-0.25, -0.2) is 4.98 Å². The van der Waals surface area contributed by atoms with Gasteiger partial charge < -0.3 is 14.5 Å². The predicted molar refractivity (Wildman–Crippen MR) is 110 cm³/mol. The molecule has 1 unspecified atom stereocenters. The Kier molecular flexibility index (Phi) is 6.34. The molecule has 1 atom stereocenters. The lowest BCUT2D eigenvalue weighted by Crippen LogP contribution is -2.47. The molecule has 1 aliphatic rings. The van der Waals surface area contributed by atoms with Crippen LogP contribution in [-0.2, 0) is 22.5 Å². The number of hydrogen-bond acceptors (Lipinski definition) is 5. The van der Waals surface area contributed by atoms with Gasteiger partial charge in [-0.3, -0.25) is 9.69 Å². The molecule has 1 N–H and O–H groups in total. The molecule has 0 saturated carbocycles. The molecule has 0 radical (unpaired) electrons. The first-order valence-corrected chi connectivity index (χ1v) is 9.90. The molecule has 0 aliphatic carbocycles. The number of carbonyl (C=O) groups is 1. The second-order valence-electron chi connectivity index (χ2n) is 7.20. The predicted octanol–water partition coefficient (Wildman–Crippen LogP) is 2.90. The molecule has 150 valence electrons. The average Bonchev–Trinajstić information content (AvgIpc) is 3.22. The molecule has 1 fully saturated rings. The summed E-state index contributed by atoms with van der Waals surface area (Å²) in [5, 5.41) is 2.96. The van der Waals surface area contributed by atoms with E-state index < -0.39 is 0 Å². The Morgan fingerprint density at radius 2 is 1.86 bits per heavy atom. The van der Waals surface area contributed by atoms with Gasteiger partial charge in [0.15, 0.2) is 0 Å². The van der Waals surface area contributed by atoms with Crippen LogP contribution in [0, 0.1) is 0 Å². The highest BCUT2D eigenvalue weighted by molar-refractivity contribution is 5.78. The van der Waals surface area contributed by atoms with Crippen molar-refractivity contribution in [2.75, 3.05) is 26.2 Å². The van der Waals surface area contributed by atoms with Gasteiger partial charge in [0.25, 0.3) is 0 Å². The van der Waals surface area contributed by atoms with Crippen LogP contribution in [0.5, 0.6) is 0 Å². The molecule has 1 amide bonds. The molecule has 3 aromatic rings. The van der Waals surface area contributed by atoms with Gasteiger partial charge in [-0.2, -0.15) is 0 Å². The smallest absolute Gasteiger partial charge is 0.226 e. The number of ether oxygens (including phenoxy) is 1. The molecular formula is C23H25N3O3. The van der Waals surface area contributed by atoms with Crippen LogP contribution in [0.4, 0.5) is 0 Å². The van der Waals surface area contributed by atoms with Gasteiger partial charge in [0, 0.05) is 31.7 Å². The van der Waals surface area contributed by atoms with Crippen molar-refractivity contribution in [1.29, 1.82) is 0 Å². The highest BCUT2D eigenvalue weighted by Gasteiger charge is 2.21. The third-order valence-corrected chi connectivity index (χ3v) is 4.91. The van der Waals surface area contributed by atoms with E-state index in [9.17, 15) is 4.79 Å². The third kappa shape index (κ3) is 5.53. The van der Waals surface area contributed by atoms with E-state index in [-0.39, 0.29) is 18.4 Å². The number of amides is 1. The lowest BCUT2D eigenvalue weighted by molar-refractivity contribution is -0.121. The fourth-order valence-electron chi connectivity index (χ4n) is 3.45. The van der Waals surface area contributed by atoms with E-state index in [1.165, 1.54) is 5.56 Å². The normalized spacial score (nSPS) is 17.2. The summed E-state index contributed by atoms with van der Waals surface area (Å²) in [4.78, 5) is 19.1.